The maximum atomic E-state index is 12.3. The highest BCUT2D eigenvalue weighted by atomic mass is 19.4. The highest BCUT2D eigenvalue weighted by molar-refractivity contribution is 6.26. The fraction of sp³-hybridized carbons (Fsp3) is 0.231. The summed E-state index contributed by atoms with van der Waals surface area (Å²) in [5.74, 6) is -2.24. The highest BCUT2D eigenvalue weighted by Gasteiger charge is 2.35. The third-order valence-corrected chi connectivity index (χ3v) is 2.53. The van der Waals surface area contributed by atoms with Crippen LogP contribution in [0.3, 0.4) is 0 Å². The molecule has 0 unspecified atom stereocenters. The number of ketones is 1. The van der Waals surface area contributed by atoms with E-state index in [0.717, 1.165) is 12.3 Å². The Balaban J connectivity index is 2.36. The molecule has 5 nitrogen and oxygen atoms in total. The summed E-state index contributed by atoms with van der Waals surface area (Å²) in [5.41, 5.74) is -0.760. The molecule has 1 aromatic carbocycles. The van der Waals surface area contributed by atoms with Crippen LogP contribution in [0.5, 0.6) is 5.75 Å². The van der Waals surface area contributed by atoms with Gasteiger partial charge in [0.1, 0.15) is 11.3 Å². The van der Waals surface area contributed by atoms with Gasteiger partial charge in [0.25, 0.3) is 0 Å². The monoisotopic (exact) mass is 300 g/mol. The minimum absolute atomic E-state index is 0.0630. The Labute approximate surface area is 117 Å². The van der Waals surface area contributed by atoms with Crippen molar-refractivity contribution in [1.82, 2.24) is 5.32 Å². The summed E-state index contributed by atoms with van der Waals surface area (Å²) in [4.78, 5) is 23.6. The van der Waals surface area contributed by atoms with E-state index in [-0.39, 0.29) is 23.4 Å². The van der Waals surface area contributed by atoms with E-state index in [2.05, 4.69) is 14.8 Å². The molecule has 1 heterocycles. The smallest absolute Gasteiger partial charge is 0.462 e. The lowest BCUT2D eigenvalue weighted by atomic mass is 9.99. The molecule has 2 rings (SSSR count). The molecular weight excluding hydrogens is 291 g/mol. The van der Waals surface area contributed by atoms with Gasteiger partial charge >= 0.3 is 12.3 Å². The number of nitrogens with zero attached hydrogens (tertiary/aromatic N) is 1. The van der Waals surface area contributed by atoms with Crippen LogP contribution >= 0.6 is 0 Å². The molecule has 0 aromatic heterocycles. The lowest BCUT2D eigenvalue weighted by Gasteiger charge is -2.18. The first-order chi connectivity index (χ1) is 9.83. The first-order valence-electron chi connectivity index (χ1n) is 5.85. The molecule has 0 amide bonds. The average Bonchev–Trinajstić information content (AvgIpc) is 2.38. The van der Waals surface area contributed by atoms with Crippen LogP contribution in [-0.4, -0.2) is 24.7 Å². The Morgan fingerprint density at radius 3 is 2.67 bits per heavy atom. The number of halogens is 3. The van der Waals surface area contributed by atoms with Crippen LogP contribution in [-0.2, 0) is 9.53 Å². The Morgan fingerprint density at radius 1 is 1.33 bits per heavy atom. The molecule has 0 spiro atoms. The number of alkyl halides is 3. The normalized spacial score (nSPS) is 13.9. The number of esters is 1. The number of hydrogen-bond donors (Lipinski definition) is 0. The maximum Gasteiger partial charge on any atom is 0.573 e. The number of Topliss-reactive ketones (excluding diaryl/α,β-unsaturated/α-hetero) is 1. The van der Waals surface area contributed by atoms with Gasteiger partial charge in [0.15, 0.2) is 5.75 Å². The van der Waals surface area contributed by atoms with Gasteiger partial charge in [0, 0.05) is 6.20 Å². The van der Waals surface area contributed by atoms with E-state index in [4.69, 9.17) is 0 Å². The van der Waals surface area contributed by atoms with Crippen molar-refractivity contribution in [2.75, 3.05) is 6.61 Å². The van der Waals surface area contributed by atoms with Gasteiger partial charge in [-0.15, -0.1) is 13.2 Å². The number of fused-ring (bicyclic) bond motifs is 1. The van der Waals surface area contributed by atoms with Crippen LogP contribution in [0.15, 0.2) is 30.0 Å². The predicted molar refractivity (Wildman–Crippen MR) is 64.0 cm³/mol. The van der Waals surface area contributed by atoms with E-state index in [1.54, 1.807) is 6.92 Å². The summed E-state index contributed by atoms with van der Waals surface area (Å²) < 4.78 is 45.3. The summed E-state index contributed by atoms with van der Waals surface area (Å²) in [6.45, 7) is 1.62. The van der Waals surface area contributed by atoms with Gasteiger partial charge in [0.05, 0.1) is 12.2 Å². The molecule has 1 aliphatic rings. The summed E-state index contributed by atoms with van der Waals surface area (Å²) in [6.07, 6.45) is -4.02. The second-order valence-corrected chi connectivity index (χ2v) is 3.92. The zero-order chi connectivity index (χ0) is 15.6. The maximum absolute atomic E-state index is 12.3. The van der Waals surface area contributed by atoms with Gasteiger partial charge in [-0.1, -0.05) is 6.07 Å². The number of hydrogen-bond acceptors (Lipinski definition) is 4. The Bertz CT molecular complexity index is 622. The molecule has 0 aliphatic carbocycles. The lowest BCUT2D eigenvalue weighted by Crippen LogP contribution is -2.23. The van der Waals surface area contributed by atoms with Crippen LogP contribution in [0.1, 0.15) is 17.3 Å². The topological polar surface area (TPSA) is 66.7 Å². The fourth-order valence-electron chi connectivity index (χ4n) is 1.73. The zero-order valence-corrected chi connectivity index (χ0v) is 10.7. The molecule has 8 heteroatoms. The van der Waals surface area contributed by atoms with Crippen LogP contribution in [0.25, 0.3) is 0 Å². The molecule has 1 aliphatic heterocycles. The number of ether oxygens (including phenoxy) is 2. The van der Waals surface area contributed by atoms with Crippen molar-refractivity contribution in [2.24, 2.45) is 0 Å². The molecule has 0 bridgehead atoms. The van der Waals surface area contributed by atoms with Crippen molar-refractivity contribution in [2.45, 2.75) is 13.3 Å². The molecule has 0 fully saturated rings. The SMILES string of the molecule is CCOC(=O)C1=C[N]c2c(OC(F)(F)F)cccc2C1=O. The second-order valence-electron chi connectivity index (χ2n) is 3.92. The van der Waals surface area contributed by atoms with Crippen molar-refractivity contribution >= 4 is 17.4 Å². The summed E-state index contributed by atoms with van der Waals surface area (Å²) in [7, 11) is 0. The third kappa shape index (κ3) is 3.15. The Morgan fingerprint density at radius 2 is 2.05 bits per heavy atom. The van der Waals surface area contributed by atoms with Crippen molar-refractivity contribution < 1.29 is 32.2 Å². The molecule has 0 atom stereocenters. The number of benzene rings is 1. The third-order valence-electron chi connectivity index (χ3n) is 2.53. The largest absolute Gasteiger partial charge is 0.573 e. The van der Waals surface area contributed by atoms with Gasteiger partial charge in [-0.2, -0.15) is 0 Å². The minimum Gasteiger partial charge on any atom is -0.462 e. The van der Waals surface area contributed by atoms with E-state index >= 15 is 0 Å². The molecule has 1 radical (unpaired) electrons. The highest BCUT2D eigenvalue weighted by Crippen LogP contribution is 2.36. The average molecular weight is 300 g/mol. The Hall–Kier alpha value is -2.51. The fourth-order valence-corrected chi connectivity index (χ4v) is 1.73. The van der Waals surface area contributed by atoms with Gasteiger partial charge < -0.3 is 9.47 Å². The molecular formula is C13H9F3NO4. The first-order valence-corrected chi connectivity index (χ1v) is 5.85. The molecule has 0 N–H and O–H groups in total. The minimum atomic E-state index is -4.90. The van der Waals surface area contributed by atoms with Gasteiger partial charge in [-0.25, -0.2) is 4.79 Å². The van der Waals surface area contributed by atoms with E-state index in [0.29, 0.717) is 0 Å². The number of para-hydroxylation sites is 1. The van der Waals surface area contributed by atoms with Crippen LogP contribution < -0.4 is 10.1 Å². The number of carbonyl (C=O) groups is 2. The molecule has 0 saturated heterocycles. The van der Waals surface area contributed by atoms with Crippen molar-refractivity contribution in [3.8, 4) is 5.75 Å². The van der Waals surface area contributed by atoms with Crippen molar-refractivity contribution in [3.63, 3.8) is 0 Å². The quantitative estimate of drug-likeness (QED) is 0.635. The second kappa shape index (κ2) is 5.47. The summed E-state index contributed by atoms with van der Waals surface area (Å²) in [5, 5.41) is 3.70. The molecule has 21 heavy (non-hydrogen) atoms. The van der Waals surface area contributed by atoms with Crippen LogP contribution in [0.2, 0.25) is 0 Å². The molecule has 0 saturated carbocycles. The van der Waals surface area contributed by atoms with Gasteiger partial charge in [-0.3, -0.25) is 10.1 Å². The van der Waals surface area contributed by atoms with Gasteiger partial charge in [-0.05, 0) is 19.1 Å². The molecule has 1 aromatic rings. The Kier molecular flexibility index (Phi) is 3.88. The molecule has 111 valence electrons. The number of rotatable bonds is 3. The van der Waals surface area contributed by atoms with E-state index in [1.165, 1.54) is 12.1 Å². The predicted octanol–water partition coefficient (Wildman–Crippen LogP) is 2.46. The van der Waals surface area contributed by atoms with Crippen LogP contribution in [0.4, 0.5) is 18.9 Å². The lowest BCUT2D eigenvalue weighted by molar-refractivity contribution is -0.274. The summed E-state index contributed by atoms with van der Waals surface area (Å²) >= 11 is 0. The summed E-state index contributed by atoms with van der Waals surface area (Å²) in [6, 6.07) is 3.50. The van der Waals surface area contributed by atoms with Crippen LogP contribution in [0, 0.1) is 0 Å². The zero-order valence-electron chi connectivity index (χ0n) is 10.7. The van der Waals surface area contributed by atoms with E-state index in [1.807, 2.05) is 0 Å². The first kappa shape index (κ1) is 14.9. The van der Waals surface area contributed by atoms with Crippen molar-refractivity contribution in [1.29, 1.82) is 0 Å². The van der Waals surface area contributed by atoms with E-state index in [9.17, 15) is 22.8 Å². The van der Waals surface area contributed by atoms with Crippen molar-refractivity contribution in [3.05, 3.63) is 35.5 Å². The standard InChI is InChI=1S/C13H9F3NO4/c1-2-20-12(19)8-6-17-10-7(11(8)18)4-3-5-9(10)21-13(14,15)16/h3-6H,2H2,1H3. The number of carbonyl (C=O) groups excluding carboxylic acids is 2. The van der Waals surface area contributed by atoms with Gasteiger partial charge in [0.2, 0.25) is 5.78 Å². The van der Waals surface area contributed by atoms with E-state index < -0.39 is 23.9 Å².